The Labute approximate surface area is 90.9 Å². The third kappa shape index (κ3) is 1.14. The summed E-state index contributed by atoms with van der Waals surface area (Å²) in [4.78, 5) is 13.5. The Morgan fingerprint density at radius 1 is 1.13 bits per heavy atom. The highest BCUT2D eigenvalue weighted by atomic mass is 16.2. The molecule has 15 heavy (non-hydrogen) atoms. The average molecular weight is 203 g/mol. The molecular formula is C13H17NO. The van der Waals surface area contributed by atoms with Gasteiger partial charge >= 0.3 is 0 Å². The van der Waals surface area contributed by atoms with E-state index in [0.717, 1.165) is 0 Å². The molecular weight excluding hydrogens is 186 g/mol. The highest BCUT2D eigenvalue weighted by molar-refractivity contribution is 5.80. The number of carbonyl (C=O) groups is 1. The van der Waals surface area contributed by atoms with E-state index in [9.17, 15) is 4.79 Å². The average Bonchev–Trinajstić information content (AvgIpc) is 2.64. The maximum Gasteiger partial charge on any atom is 0.220 e. The van der Waals surface area contributed by atoms with Crippen molar-refractivity contribution in [1.29, 1.82) is 0 Å². The topological polar surface area (TPSA) is 20.1 Å². The second kappa shape index (κ2) is 2.84. The summed E-state index contributed by atoms with van der Waals surface area (Å²) in [7, 11) is 0. The van der Waals surface area contributed by atoms with Gasteiger partial charge in [0.25, 0.3) is 0 Å². The minimum absolute atomic E-state index is 0.0693. The number of rotatable bonds is 1. The van der Waals surface area contributed by atoms with Crippen LogP contribution in [0.4, 0.5) is 0 Å². The molecule has 0 aromatic heterocycles. The van der Waals surface area contributed by atoms with Gasteiger partial charge in [-0.1, -0.05) is 30.3 Å². The van der Waals surface area contributed by atoms with Crippen molar-refractivity contribution in [1.82, 2.24) is 4.90 Å². The molecule has 0 aliphatic carbocycles. The summed E-state index contributed by atoms with van der Waals surface area (Å²) in [5.74, 6) is 0.145. The third-order valence-corrected chi connectivity index (χ3v) is 3.80. The lowest BCUT2D eigenvalue weighted by atomic mass is 9.90. The molecule has 1 aromatic carbocycles. The maximum absolute atomic E-state index is 11.5. The fourth-order valence-electron chi connectivity index (χ4n) is 2.71. The van der Waals surface area contributed by atoms with E-state index in [1.165, 1.54) is 5.56 Å². The molecule has 0 radical (unpaired) electrons. The van der Waals surface area contributed by atoms with Crippen LogP contribution in [0.15, 0.2) is 30.3 Å². The first-order valence-corrected chi connectivity index (χ1v) is 5.29. The van der Waals surface area contributed by atoms with Crippen molar-refractivity contribution in [3.8, 4) is 0 Å². The standard InChI is InChI=1S/C13H17NO/c1-10(15)14-12(2,3)13(14,4)11-8-6-5-7-9-11/h5-9H,1-4H3. The van der Waals surface area contributed by atoms with Gasteiger partial charge in [0.05, 0.1) is 11.1 Å². The molecule has 0 N–H and O–H groups in total. The molecule has 1 aromatic rings. The molecule has 0 bridgehead atoms. The van der Waals surface area contributed by atoms with E-state index < -0.39 is 0 Å². The fourth-order valence-corrected chi connectivity index (χ4v) is 2.71. The second-order valence-corrected chi connectivity index (χ2v) is 4.85. The van der Waals surface area contributed by atoms with Crippen LogP contribution in [-0.4, -0.2) is 16.3 Å². The van der Waals surface area contributed by atoms with Crippen molar-refractivity contribution in [3.05, 3.63) is 35.9 Å². The Kier molecular flexibility index (Phi) is 1.94. The van der Waals surface area contributed by atoms with Crippen LogP contribution in [0.2, 0.25) is 0 Å². The molecule has 2 rings (SSSR count). The largest absolute Gasteiger partial charge is 0.323 e. The quantitative estimate of drug-likeness (QED) is 0.642. The van der Waals surface area contributed by atoms with Gasteiger partial charge in [-0.3, -0.25) is 4.79 Å². The zero-order chi connectivity index (χ0) is 11.3. The van der Waals surface area contributed by atoms with E-state index in [-0.39, 0.29) is 17.0 Å². The van der Waals surface area contributed by atoms with E-state index in [0.29, 0.717) is 0 Å². The molecule has 1 atom stereocenters. The van der Waals surface area contributed by atoms with Crippen LogP contribution in [0.1, 0.15) is 33.3 Å². The molecule has 0 spiro atoms. The van der Waals surface area contributed by atoms with Gasteiger partial charge < -0.3 is 4.90 Å². The van der Waals surface area contributed by atoms with Crippen molar-refractivity contribution in [2.75, 3.05) is 0 Å². The Balaban J connectivity index is 2.43. The van der Waals surface area contributed by atoms with E-state index >= 15 is 0 Å². The highest BCUT2D eigenvalue weighted by Gasteiger charge is 2.68. The Bertz CT molecular complexity index is 396. The summed E-state index contributed by atoms with van der Waals surface area (Å²) in [6.45, 7) is 7.99. The van der Waals surface area contributed by atoms with Gasteiger partial charge in [-0.2, -0.15) is 0 Å². The van der Waals surface area contributed by atoms with Crippen molar-refractivity contribution in [2.24, 2.45) is 0 Å². The molecule has 80 valence electrons. The lowest BCUT2D eigenvalue weighted by molar-refractivity contribution is -0.125. The van der Waals surface area contributed by atoms with Gasteiger partial charge in [0, 0.05) is 6.92 Å². The number of amides is 1. The van der Waals surface area contributed by atoms with E-state index in [4.69, 9.17) is 0 Å². The van der Waals surface area contributed by atoms with Gasteiger partial charge in [0.15, 0.2) is 0 Å². The van der Waals surface area contributed by atoms with Crippen molar-refractivity contribution in [3.63, 3.8) is 0 Å². The van der Waals surface area contributed by atoms with Crippen LogP contribution < -0.4 is 0 Å². The summed E-state index contributed by atoms with van der Waals surface area (Å²) in [5, 5.41) is 0. The minimum Gasteiger partial charge on any atom is -0.323 e. The SMILES string of the molecule is CC(=O)N1C(C)(C)C1(C)c1ccccc1. The van der Waals surface area contributed by atoms with E-state index in [2.05, 4.69) is 32.9 Å². The second-order valence-electron chi connectivity index (χ2n) is 4.85. The first kappa shape index (κ1) is 10.2. The monoisotopic (exact) mass is 203 g/mol. The normalized spacial score (nSPS) is 27.6. The number of carbonyl (C=O) groups excluding carboxylic acids is 1. The summed E-state index contributed by atoms with van der Waals surface area (Å²) in [6, 6.07) is 10.2. The van der Waals surface area contributed by atoms with Gasteiger partial charge in [-0.15, -0.1) is 0 Å². The van der Waals surface area contributed by atoms with Crippen LogP contribution in [0.3, 0.4) is 0 Å². The molecule has 1 aliphatic heterocycles. The first-order valence-electron chi connectivity index (χ1n) is 5.29. The van der Waals surface area contributed by atoms with Gasteiger partial charge in [-0.25, -0.2) is 0 Å². The molecule has 0 saturated carbocycles. The van der Waals surface area contributed by atoms with E-state index in [1.807, 2.05) is 23.1 Å². The van der Waals surface area contributed by atoms with Crippen molar-refractivity contribution in [2.45, 2.75) is 38.8 Å². The Morgan fingerprint density at radius 2 is 1.67 bits per heavy atom. The third-order valence-electron chi connectivity index (χ3n) is 3.80. The number of hydrogen-bond donors (Lipinski definition) is 0. The molecule has 1 aliphatic rings. The fraction of sp³-hybridized carbons (Fsp3) is 0.462. The van der Waals surface area contributed by atoms with Crippen LogP contribution in [0, 0.1) is 0 Å². The smallest absolute Gasteiger partial charge is 0.220 e. The van der Waals surface area contributed by atoms with Crippen molar-refractivity contribution < 1.29 is 4.79 Å². The first-order chi connectivity index (χ1) is 6.92. The summed E-state index contributed by atoms with van der Waals surface area (Å²) in [6.07, 6.45) is 0. The van der Waals surface area contributed by atoms with Crippen molar-refractivity contribution >= 4 is 5.91 Å². The molecule has 1 heterocycles. The molecule has 1 saturated heterocycles. The molecule has 2 nitrogen and oxygen atoms in total. The predicted octanol–water partition coefficient (Wildman–Crippen LogP) is 2.54. The van der Waals surface area contributed by atoms with Gasteiger partial charge in [-0.05, 0) is 26.3 Å². The molecule has 2 heteroatoms. The molecule has 1 fully saturated rings. The lowest BCUT2D eigenvalue weighted by Gasteiger charge is -2.11. The zero-order valence-electron chi connectivity index (χ0n) is 9.74. The van der Waals surface area contributed by atoms with Gasteiger partial charge in [0.1, 0.15) is 0 Å². The summed E-state index contributed by atoms with van der Waals surface area (Å²) >= 11 is 0. The molecule has 1 amide bonds. The van der Waals surface area contributed by atoms with E-state index in [1.54, 1.807) is 6.92 Å². The summed E-state index contributed by atoms with van der Waals surface area (Å²) < 4.78 is 0. The summed E-state index contributed by atoms with van der Waals surface area (Å²) in [5.41, 5.74) is 1.01. The number of hydrogen-bond acceptors (Lipinski definition) is 1. The lowest BCUT2D eigenvalue weighted by Crippen LogP contribution is -2.15. The van der Waals surface area contributed by atoms with Crippen LogP contribution in [0.25, 0.3) is 0 Å². The van der Waals surface area contributed by atoms with Crippen LogP contribution in [0.5, 0.6) is 0 Å². The maximum atomic E-state index is 11.5. The van der Waals surface area contributed by atoms with Crippen LogP contribution in [-0.2, 0) is 10.3 Å². The number of nitrogens with zero attached hydrogens (tertiary/aromatic N) is 1. The Morgan fingerprint density at radius 3 is 2.07 bits per heavy atom. The Hall–Kier alpha value is -1.31. The van der Waals surface area contributed by atoms with Gasteiger partial charge in [0.2, 0.25) is 5.91 Å². The number of benzene rings is 1. The predicted molar refractivity (Wildman–Crippen MR) is 60.4 cm³/mol. The molecule has 1 unspecified atom stereocenters. The highest BCUT2D eigenvalue weighted by Crippen LogP contribution is 2.58. The van der Waals surface area contributed by atoms with Crippen LogP contribution >= 0.6 is 0 Å². The zero-order valence-corrected chi connectivity index (χ0v) is 9.74. The minimum atomic E-state index is -0.139.